The number of aromatic nitrogens is 1. The first-order chi connectivity index (χ1) is 12.7. The van der Waals surface area contributed by atoms with Crippen LogP contribution in [-0.4, -0.2) is 37.1 Å². The van der Waals surface area contributed by atoms with Gasteiger partial charge in [0.2, 0.25) is 5.91 Å². The lowest BCUT2D eigenvalue weighted by Crippen LogP contribution is -2.29. The lowest BCUT2D eigenvalue weighted by atomic mass is 9.91. The predicted octanol–water partition coefficient (Wildman–Crippen LogP) is 3.39. The molecule has 0 aliphatic carbocycles. The van der Waals surface area contributed by atoms with Gasteiger partial charge in [-0.15, -0.1) is 0 Å². The number of nitrogens with one attached hydrogen (secondary N) is 1. The van der Waals surface area contributed by atoms with Gasteiger partial charge in [0.15, 0.2) is 5.13 Å². The van der Waals surface area contributed by atoms with Crippen LogP contribution in [0.4, 0.5) is 10.9 Å². The van der Waals surface area contributed by atoms with E-state index in [9.17, 15) is 9.59 Å². The van der Waals surface area contributed by atoms with Gasteiger partial charge in [-0.2, -0.15) is 0 Å². The molecule has 1 fully saturated rings. The zero-order chi connectivity index (χ0) is 18.1. The molecule has 0 spiro atoms. The second kappa shape index (κ2) is 7.07. The second-order valence-corrected chi connectivity index (χ2v) is 7.68. The van der Waals surface area contributed by atoms with Crippen molar-refractivity contribution in [2.75, 3.05) is 30.4 Å². The van der Waals surface area contributed by atoms with Gasteiger partial charge >= 0.3 is 5.97 Å². The highest BCUT2D eigenvalue weighted by molar-refractivity contribution is 7.16. The quantitative estimate of drug-likeness (QED) is 0.838. The summed E-state index contributed by atoms with van der Waals surface area (Å²) in [6, 6.07) is 7.30. The molecule has 2 aliphatic rings. The van der Waals surface area contributed by atoms with E-state index in [2.05, 4.69) is 10.2 Å². The molecule has 2 aliphatic heterocycles. The Bertz CT molecular complexity index is 825. The van der Waals surface area contributed by atoms with Crippen LogP contribution >= 0.6 is 11.3 Å². The summed E-state index contributed by atoms with van der Waals surface area (Å²) in [7, 11) is 1.37. The normalized spacial score (nSPS) is 19.7. The van der Waals surface area contributed by atoms with Crippen LogP contribution in [0.2, 0.25) is 0 Å². The standard InChI is InChI=1S/C19H21N3O3S/c1-25-18(24)13-7-5-12(6-8-13)14-11-15(23)20-17-16(14)26-19(21-17)22-9-3-2-4-10-22/h5-8,14H,2-4,9-11H2,1H3,(H,20,23)/t14-/m0/s1. The van der Waals surface area contributed by atoms with Gasteiger partial charge in [0.1, 0.15) is 5.82 Å². The van der Waals surface area contributed by atoms with Crippen LogP contribution < -0.4 is 10.2 Å². The smallest absolute Gasteiger partial charge is 0.337 e. The Morgan fingerprint density at radius 1 is 1.23 bits per heavy atom. The van der Waals surface area contributed by atoms with Crippen molar-refractivity contribution < 1.29 is 14.3 Å². The molecule has 26 heavy (non-hydrogen) atoms. The zero-order valence-electron chi connectivity index (χ0n) is 14.7. The molecule has 2 aromatic rings. The summed E-state index contributed by atoms with van der Waals surface area (Å²) in [4.78, 5) is 31.9. The third-order valence-electron chi connectivity index (χ3n) is 4.97. The van der Waals surface area contributed by atoms with E-state index in [0.717, 1.165) is 28.7 Å². The molecule has 0 saturated carbocycles. The summed E-state index contributed by atoms with van der Waals surface area (Å²) >= 11 is 1.67. The highest BCUT2D eigenvalue weighted by Gasteiger charge is 2.31. The summed E-state index contributed by atoms with van der Waals surface area (Å²) < 4.78 is 4.75. The molecule has 0 unspecified atom stereocenters. The number of anilines is 2. The molecule has 1 amide bonds. The Balaban J connectivity index is 1.65. The maximum Gasteiger partial charge on any atom is 0.337 e. The molecule has 1 saturated heterocycles. The van der Waals surface area contributed by atoms with Gasteiger partial charge in [0, 0.05) is 25.4 Å². The topological polar surface area (TPSA) is 71.5 Å². The van der Waals surface area contributed by atoms with E-state index in [1.54, 1.807) is 23.5 Å². The van der Waals surface area contributed by atoms with Crippen molar-refractivity contribution in [2.45, 2.75) is 31.6 Å². The van der Waals surface area contributed by atoms with Crippen molar-refractivity contribution in [1.29, 1.82) is 0 Å². The van der Waals surface area contributed by atoms with Gasteiger partial charge < -0.3 is 15.0 Å². The highest BCUT2D eigenvalue weighted by Crippen LogP contribution is 2.43. The number of fused-ring (bicyclic) bond motifs is 1. The molecule has 1 atom stereocenters. The molecule has 4 rings (SSSR count). The molecular formula is C19H21N3O3S. The van der Waals surface area contributed by atoms with Gasteiger partial charge in [-0.1, -0.05) is 23.5 Å². The minimum atomic E-state index is -0.358. The summed E-state index contributed by atoms with van der Waals surface area (Å²) in [5.74, 6) is 0.286. The van der Waals surface area contributed by atoms with Crippen LogP contribution in [0.15, 0.2) is 24.3 Å². The summed E-state index contributed by atoms with van der Waals surface area (Å²) in [6.07, 6.45) is 4.05. The fraction of sp³-hybridized carbons (Fsp3) is 0.421. The molecule has 1 N–H and O–H groups in total. The number of nitrogens with zero attached hydrogens (tertiary/aromatic N) is 2. The van der Waals surface area contributed by atoms with Gasteiger partial charge in [0.05, 0.1) is 17.6 Å². The number of hydrogen-bond donors (Lipinski definition) is 1. The zero-order valence-corrected chi connectivity index (χ0v) is 15.5. The molecule has 7 heteroatoms. The van der Waals surface area contributed by atoms with E-state index in [1.165, 1.54) is 26.4 Å². The van der Waals surface area contributed by atoms with Crippen molar-refractivity contribution >= 4 is 34.2 Å². The average Bonchev–Trinajstić information content (AvgIpc) is 3.11. The summed E-state index contributed by atoms with van der Waals surface area (Å²) in [5, 5.41) is 3.91. The first-order valence-corrected chi connectivity index (χ1v) is 9.71. The molecule has 1 aromatic carbocycles. The third-order valence-corrected chi connectivity index (χ3v) is 6.20. The monoisotopic (exact) mass is 371 g/mol. The largest absolute Gasteiger partial charge is 0.465 e. The predicted molar refractivity (Wildman–Crippen MR) is 101 cm³/mol. The Kier molecular flexibility index (Phi) is 4.63. The van der Waals surface area contributed by atoms with E-state index in [1.807, 2.05) is 12.1 Å². The van der Waals surface area contributed by atoms with Gasteiger partial charge in [-0.05, 0) is 37.0 Å². The molecular weight excluding hydrogens is 350 g/mol. The van der Waals surface area contributed by atoms with Crippen molar-refractivity contribution in [3.8, 4) is 0 Å². The van der Waals surface area contributed by atoms with E-state index >= 15 is 0 Å². The number of hydrogen-bond acceptors (Lipinski definition) is 6. The third kappa shape index (κ3) is 3.19. The number of thiazole rings is 1. The highest BCUT2D eigenvalue weighted by atomic mass is 32.1. The fourth-order valence-corrected chi connectivity index (χ4v) is 4.77. The number of carbonyl (C=O) groups excluding carboxylic acids is 2. The Morgan fingerprint density at radius 3 is 2.65 bits per heavy atom. The summed E-state index contributed by atoms with van der Waals surface area (Å²) in [6.45, 7) is 2.05. The Hall–Kier alpha value is -2.41. The summed E-state index contributed by atoms with van der Waals surface area (Å²) in [5.41, 5.74) is 1.53. The number of rotatable bonds is 3. The number of benzene rings is 1. The van der Waals surface area contributed by atoms with Crippen LogP contribution in [0.5, 0.6) is 0 Å². The van der Waals surface area contributed by atoms with E-state index in [4.69, 9.17) is 9.72 Å². The molecule has 0 bridgehead atoms. The first kappa shape index (κ1) is 17.0. The average molecular weight is 371 g/mol. The number of ether oxygens (including phenoxy) is 1. The van der Waals surface area contributed by atoms with E-state index in [-0.39, 0.29) is 17.8 Å². The molecule has 0 radical (unpaired) electrons. The fourth-order valence-electron chi connectivity index (χ4n) is 3.57. The second-order valence-electron chi connectivity index (χ2n) is 6.68. The number of piperidine rings is 1. The lowest BCUT2D eigenvalue weighted by Gasteiger charge is -2.25. The number of esters is 1. The van der Waals surface area contributed by atoms with Crippen LogP contribution in [0.3, 0.4) is 0 Å². The SMILES string of the molecule is COC(=O)c1ccc([C@@H]2CC(=O)Nc3nc(N4CCCCC4)sc32)cc1. The van der Waals surface area contributed by atoms with Crippen molar-refractivity contribution in [3.63, 3.8) is 0 Å². The lowest BCUT2D eigenvalue weighted by molar-refractivity contribution is -0.116. The molecule has 6 nitrogen and oxygen atoms in total. The minimum absolute atomic E-state index is 0.0185. The van der Waals surface area contributed by atoms with Crippen LogP contribution in [0, 0.1) is 0 Å². The van der Waals surface area contributed by atoms with Crippen LogP contribution in [-0.2, 0) is 9.53 Å². The molecule has 136 valence electrons. The van der Waals surface area contributed by atoms with E-state index in [0.29, 0.717) is 17.8 Å². The number of methoxy groups -OCH3 is 1. The maximum atomic E-state index is 12.2. The number of amides is 1. The minimum Gasteiger partial charge on any atom is -0.465 e. The Labute approximate surface area is 156 Å². The van der Waals surface area contributed by atoms with Gasteiger partial charge in [-0.3, -0.25) is 4.79 Å². The molecule has 3 heterocycles. The van der Waals surface area contributed by atoms with E-state index < -0.39 is 0 Å². The first-order valence-electron chi connectivity index (χ1n) is 8.89. The number of carbonyl (C=O) groups is 2. The van der Waals surface area contributed by atoms with Gasteiger partial charge in [-0.25, -0.2) is 9.78 Å². The van der Waals surface area contributed by atoms with Crippen LogP contribution in [0.1, 0.15) is 52.4 Å². The van der Waals surface area contributed by atoms with Crippen molar-refractivity contribution in [1.82, 2.24) is 4.98 Å². The van der Waals surface area contributed by atoms with Crippen molar-refractivity contribution in [3.05, 3.63) is 40.3 Å². The van der Waals surface area contributed by atoms with Gasteiger partial charge in [0.25, 0.3) is 0 Å². The molecule has 1 aromatic heterocycles. The van der Waals surface area contributed by atoms with Crippen molar-refractivity contribution in [2.24, 2.45) is 0 Å². The Morgan fingerprint density at radius 2 is 1.96 bits per heavy atom. The van der Waals surface area contributed by atoms with Crippen LogP contribution in [0.25, 0.3) is 0 Å². The maximum absolute atomic E-state index is 12.2.